The number of fused-ring (bicyclic) bond motifs is 1. The van der Waals surface area contributed by atoms with Gasteiger partial charge in [0, 0.05) is 29.2 Å². The van der Waals surface area contributed by atoms with Gasteiger partial charge < -0.3 is 15.2 Å². The van der Waals surface area contributed by atoms with Crippen LogP contribution in [-0.4, -0.2) is 27.9 Å². The number of aryl methyl sites for hydroxylation is 3. The summed E-state index contributed by atoms with van der Waals surface area (Å²) in [6.07, 6.45) is 1.33. The number of halogens is 1. The van der Waals surface area contributed by atoms with E-state index in [1.54, 1.807) is 24.3 Å². The normalized spacial score (nSPS) is 10.9. The lowest BCUT2D eigenvalue weighted by molar-refractivity contribution is -0.116. The Balaban J connectivity index is 1.43. The molecule has 0 radical (unpaired) electrons. The van der Waals surface area contributed by atoms with Crippen LogP contribution in [0.2, 0.25) is 5.02 Å². The largest absolute Gasteiger partial charge is 0.352 e. The van der Waals surface area contributed by atoms with Crippen LogP contribution in [0.4, 0.5) is 5.69 Å². The summed E-state index contributed by atoms with van der Waals surface area (Å²) in [5.41, 5.74) is 5.24. The van der Waals surface area contributed by atoms with Gasteiger partial charge in [-0.15, -0.1) is 0 Å². The van der Waals surface area contributed by atoms with Crippen molar-refractivity contribution in [2.75, 3.05) is 11.9 Å². The molecule has 0 unspecified atom stereocenters. The summed E-state index contributed by atoms with van der Waals surface area (Å²) in [5.74, 6) is 0.578. The van der Waals surface area contributed by atoms with E-state index in [0.29, 0.717) is 30.0 Å². The van der Waals surface area contributed by atoms with Gasteiger partial charge in [0.2, 0.25) is 5.91 Å². The molecule has 1 aromatic heterocycles. The van der Waals surface area contributed by atoms with Gasteiger partial charge in [-0.2, -0.15) is 0 Å². The number of hydrogen-bond donors (Lipinski definition) is 2. The lowest BCUT2D eigenvalue weighted by atomic mass is 10.1. The molecule has 1 heterocycles. The van der Waals surface area contributed by atoms with Crippen molar-refractivity contribution in [3.8, 4) is 0 Å². The Bertz CT molecular complexity index is 1310. The number of nitrogens with one attached hydrogen (secondary N) is 2. The maximum atomic E-state index is 13.0. The van der Waals surface area contributed by atoms with E-state index in [-0.39, 0.29) is 18.4 Å². The van der Waals surface area contributed by atoms with Gasteiger partial charge in [0.1, 0.15) is 12.4 Å². The van der Waals surface area contributed by atoms with Crippen molar-refractivity contribution in [3.05, 3.63) is 94.3 Å². The van der Waals surface area contributed by atoms with Crippen LogP contribution < -0.4 is 10.6 Å². The van der Waals surface area contributed by atoms with Crippen LogP contribution in [0.3, 0.4) is 0 Å². The number of nitrogens with zero attached hydrogens (tertiary/aromatic N) is 2. The summed E-state index contributed by atoms with van der Waals surface area (Å²) in [5, 5.41) is 6.58. The molecule has 3 aromatic carbocycles. The fourth-order valence-electron chi connectivity index (χ4n) is 3.98. The Kier molecular flexibility index (Phi) is 7.28. The topological polar surface area (TPSA) is 76.0 Å². The molecule has 34 heavy (non-hydrogen) atoms. The van der Waals surface area contributed by atoms with Gasteiger partial charge in [-0.05, 0) is 67.8 Å². The van der Waals surface area contributed by atoms with E-state index in [9.17, 15) is 9.59 Å². The third-order valence-corrected chi connectivity index (χ3v) is 6.00. The number of carbonyl (C=O) groups is 2. The first-order chi connectivity index (χ1) is 16.4. The Morgan fingerprint density at radius 1 is 0.941 bits per heavy atom. The summed E-state index contributed by atoms with van der Waals surface area (Å²) >= 11 is 5.89. The Labute approximate surface area is 204 Å². The van der Waals surface area contributed by atoms with Crippen LogP contribution in [0.5, 0.6) is 0 Å². The highest BCUT2D eigenvalue weighted by atomic mass is 35.5. The average Bonchev–Trinajstić information content (AvgIpc) is 3.16. The summed E-state index contributed by atoms with van der Waals surface area (Å²) in [6, 6.07) is 20.5. The third-order valence-electron chi connectivity index (χ3n) is 5.75. The first-order valence-corrected chi connectivity index (χ1v) is 11.6. The van der Waals surface area contributed by atoms with E-state index in [2.05, 4.69) is 10.6 Å². The standard InChI is InChI=1S/C27H27ClN4O2/c1-18-7-5-8-19(2)26(18)31-25(33)17-32-23-10-4-3-9-22(23)30-24(32)11-6-16-29-27(34)20-12-14-21(28)15-13-20/h3-5,7-10,12-15H,6,11,16-17H2,1-2H3,(H,29,34)(H,31,33). The number of carbonyl (C=O) groups excluding carboxylic acids is 2. The second-order valence-corrected chi connectivity index (χ2v) is 8.72. The van der Waals surface area contributed by atoms with E-state index in [0.717, 1.165) is 33.7 Å². The minimum atomic E-state index is -0.141. The Morgan fingerprint density at radius 3 is 2.38 bits per heavy atom. The molecule has 0 saturated carbocycles. The molecule has 174 valence electrons. The molecule has 0 aliphatic heterocycles. The fraction of sp³-hybridized carbons (Fsp3) is 0.222. The smallest absolute Gasteiger partial charge is 0.251 e. The minimum Gasteiger partial charge on any atom is -0.352 e. The molecule has 0 spiro atoms. The molecule has 4 aromatic rings. The highest BCUT2D eigenvalue weighted by molar-refractivity contribution is 6.30. The fourth-order valence-corrected chi connectivity index (χ4v) is 4.10. The van der Waals surface area contributed by atoms with Crippen LogP contribution in [0.1, 0.15) is 33.7 Å². The average molecular weight is 475 g/mol. The lowest BCUT2D eigenvalue weighted by Gasteiger charge is -2.13. The van der Waals surface area contributed by atoms with Gasteiger partial charge in [-0.25, -0.2) is 4.98 Å². The quantitative estimate of drug-likeness (QED) is 0.340. The van der Waals surface area contributed by atoms with Crippen molar-refractivity contribution in [2.45, 2.75) is 33.2 Å². The molecule has 7 heteroatoms. The molecule has 0 aliphatic carbocycles. The molecule has 0 bridgehead atoms. The first-order valence-electron chi connectivity index (χ1n) is 11.3. The Hall–Kier alpha value is -3.64. The van der Waals surface area contributed by atoms with E-state index in [1.165, 1.54) is 0 Å². The molecule has 6 nitrogen and oxygen atoms in total. The number of para-hydroxylation sites is 3. The summed E-state index contributed by atoms with van der Waals surface area (Å²) in [6.45, 7) is 4.64. The number of rotatable bonds is 8. The summed E-state index contributed by atoms with van der Waals surface area (Å²) < 4.78 is 1.96. The van der Waals surface area contributed by atoms with Crippen LogP contribution in [0, 0.1) is 13.8 Å². The molecular weight excluding hydrogens is 448 g/mol. The lowest BCUT2D eigenvalue weighted by Crippen LogP contribution is -2.25. The number of aromatic nitrogens is 2. The predicted molar refractivity (Wildman–Crippen MR) is 136 cm³/mol. The number of amides is 2. The molecule has 2 N–H and O–H groups in total. The van der Waals surface area contributed by atoms with Crippen molar-refractivity contribution < 1.29 is 9.59 Å². The second kappa shape index (κ2) is 10.5. The SMILES string of the molecule is Cc1cccc(C)c1NC(=O)Cn1c(CCCNC(=O)c2ccc(Cl)cc2)nc2ccccc21. The van der Waals surface area contributed by atoms with Gasteiger partial charge in [0.05, 0.1) is 11.0 Å². The highest BCUT2D eigenvalue weighted by Gasteiger charge is 2.15. The van der Waals surface area contributed by atoms with E-state index in [4.69, 9.17) is 16.6 Å². The monoisotopic (exact) mass is 474 g/mol. The van der Waals surface area contributed by atoms with Gasteiger partial charge in [0.15, 0.2) is 0 Å². The van der Waals surface area contributed by atoms with Gasteiger partial charge >= 0.3 is 0 Å². The van der Waals surface area contributed by atoms with Crippen molar-refractivity contribution in [1.82, 2.24) is 14.9 Å². The number of imidazole rings is 1. The van der Waals surface area contributed by atoms with Gasteiger partial charge in [-0.1, -0.05) is 41.9 Å². The predicted octanol–water partition coefficient (Wildman–Crippen LogP) is 5.31. The maximum absolute atomic E-state index is 13.0. The van der Waals surface area contributed by atoms with Crippen LogP contribution >= 0.6 is 11.6 Å². The van der Waals surface area contributed by atoms with Gasteiger partial charge in [-0.3, -0.25) is 9.59 Å². The van der Waals surface area contributed by atoms with Crippen LogP contribution in [-0.2, 0) is 17.8 Å². The summed E-state index contributed by atoms with van der Waals surface area (Å²) in [4.78, 5) is 30.0. The number of anilines is 1. The molecule has 0 fully saturated rings. The molecular formula is C27H27ClN4O2. The summed E-state index contributed by atoms with van der Waals surface area (Å²) in [7, 11) is 0. The van der Waals surface area contributed by atoms with Crippen LogP contribution in [0.25, 0.3) is 11.0 Å². The zero-order chi connectivity index (χ0) is 24.1. The van der Waals surface area contributed by atoms with Crippen LogP contribution in [0.15, 0.2) is 66.7 Å². The zero-order valence-electron chi connectivity index (χ0n) is 19.3. The molecule has 2 amide bonds. The molecule has 0 aliphatic rings. The van der Waals surface area contributed by atoms with E-state index in [1.807, 2.05) is 60.9 Å². The third kappa shape index (κ3) is 5.46. The number of hydrogen-bond acceptors (Lipinski definition) is 3. The second-order valence-electron chi connectivity index (χ2n) is 8.28. The van der Waals surface area contributed by atoms with Crippen molar-refractivity contribution in [3.63, 3.8) is 0 Å². The van der Waals surface area contributed by atoms with Gasteiger partial charge in [0.25, 0.3) is 5.91 Å². The van der Waals surface area contributed by atoms with Crippen molar-refractivity contribution in [1.29, 1.82) is 0 Å². The Morgan fingerprint density at radius 2 is 1.65 bits per heavy atom. The minimum absolute atomic E-state index is 0.0992. The molecule has 0 atom stereocenters. The molecule has 0 saturated heterocycles. The highest BCUT2D eigenvalue weighted by Crippen LogP contribution is 2.21. The maximum Gasteiger partial charge on any atom is 0.251 e. The first kappa shape index (κ1) is 23.5. The zero-order valence-corrected chi connectivity index (χ0v) is 20.0. The molecule has 4 rings (SSSR count). The van der Waals surface area contributed by atoms with Crippen molar-refractivity contribution in [2.24, 2.45) is 0 Å². The van der Waals surface area contributed by atoms with E-state index < -0.39 is 0 Å². The van der Waals surface area contributed by atoms with E-state index >= 15 is 0 Å². The van der Waals surface area contributed by atoms with Crippen molar-refractivity contribution >= 4 is 40.1 Å². The number of benzene rings is 3.